The van der Waals surface area contributed by atoms with Gasteiger partial charge in [0.25, 0.3) is 15.9 Å². The van der Waals surface area contributed by atoms with Crippen molar-refractivity contribution in [2.45, 2.75) is 16.0 Å². The van der Waals surface area contributed by atoms with Crippen LogP contribution < -0.4 is 10.1 Å². The number of nitrogens with one attached hydrogen (secondary N) is 2. The van der Waals surface area contributed by atoms with E-state index in [1.165, 1.54) is 34.6 Å². The summed E-state index contributed by atoms with van der Waals surface area (Å²) < 4.78 is 60.3. The van der Waals surface area contributed by atoms with Crippen LogP contribution in [0.4, 0.5) is 5.69 Å². The minimum Gasteiger partial charge on any atom is -0.379 e. The van der Waals surface area contributed by atoms with E-state index < -0.39 is 26.0 Å². The summed E-state index contributed by atoms with van der Waals surface area (Å²) in [6, 6.07) is 15.6. The summed E-state index contributed by atoms with van der Waals surface area (Å²) in [7, 11) is -7.53. The smallest absolute Gasteiger partial charge is 0.273 e. The third kappa shape index (κ3) is 5.82. The van der Waals surface area contributed by atoms with Crippen LogP contribution in [0.15, 0.2) is 80.2 Å². The molecule has 2 aromatic carbocycles. The van der Waals surface area contributed by atoms with Gasteiger partial charge >= 0.3 is 0 Å². The van der Waals surface area contributed by atoms with Gasteiger partial charge in [0, 0.05) is 13.1 Å². The molecule has 1 aromatic heterocycles. The number of hydrogen-bond acceptors (Lipinski definition) is 8. The molecule has 4 rings (SSSR count). The lowest BCUT2D eigenvalue weighted by Gasteiger charge is -2.26. The van der Waals surface area contributed by atoms with Crippen LogP contribution in [0.5, 0.6) is 0 Å². The summed E-state index contributed by atoms with van der Waals surface area (Å²) in [5.74, 6) is -0.629. The molecule has 0 unspecified atom stereocenters. The van der Waals surface area contributed by atoms with Crippen molar-refractivity contribution in [2.75, 3.05) is 31.0 Å². The van der Waals surface area contributed by atoms with E-state index >= 15 is 0 Å². The maximum absolute atomic E-state index is 13.0. The summed E-state index contributed by atoms with van der Waals surface area (Å²) in [5, 5.41) is 5.75. The van der Waals surface area contributed by atoms with E-state index in [1.54, 1.807) is 42.6 Å². The lowest BCUT2D eigenvalue weighted by molar-refractivity contribution is 0.0730. The number of thiophene rings is 1. The lowest BCUT2D eigenvalue weighted by Crippen LogP contribution is -2.40. The van der Waals surface area contributed by atoms with E-state index in [2.05, 4.69) is 15.2 Å². The largest absolute Gasteiger partial charge is 0.379 e. The minimum absolute atomic E-state index is 0.0813. The second-order valence-corrected chi connectivity index (χ2v) is 12.6. The number of para-hydroxylation sites is 1. The zero-order valence-electron chi connectivity index (χ0n) is 19.2. The Balaban J connectivity index is 1.51. The number of hydrazone groups is 1. The first kappa shape index (κ1) is 26.0. The number of benzene rings is 2. The third-order valence-electron chi connectivity index (χ3n) is 5.36. The summed E-state index contributed by atoms with van der Waals surface area (Å²) in [6.45, 7) is 2.88. The Hall–Kier alpha value is -3.10. The molecule has 190 valence electrons. The van der Waals surface area contributed by atoms with Crippen LogP contribution in [-0.2, 0) is 24.8 Å². The van der Waals surface area contributed by atoms with Gasteiger partial charge in [0.1, 0.15) is 4.21 Å². The molecule has 0 atom stereocenters. The fraction of sp³-hybridized carbons (Fsp3) is 0.217. The molecule has 0 bridgehead atoms. The number of rotatable bonds is 8. The van der Waals surface area contributed by atoms with Crippen LogP contribution >= 0.6 is 11.3 Å². The zero-order valence-corrected chi connectivity index (χ0v) is 21.7. The fourth-order valence-electron chi connectivity index (χ4n) is 3.46. The molecule has 0 spiro atoms. The van der Waals surface area contributed by atoms with Crippen molar-refractivity contribution in [1.82, 2.24) is 9.73 Å². The number of nitrogens with zero attached hydrogens (tertiary/aromatic N) is 2. The first-order valence-corrected chi connectivity index (χ1v) is 14.7. The summed E-state index contributed by atoms with van der Waals surface area (Å²) in [4.78, 5) is 13.0. The Morgan fingerprint density at radius 2 is 1.75 bits per heavy atom. The Morgan fingerprint density at radius 3 is 2.47 bits per heavy atom. The van der Waals surface area contributed by atoms with Gasteiger partial charge in [-0.2, -0.15) is 9.41 Å². The minimum atomic E-state index is -3.84. The van der Waals surface area contributed by atoms with Gasteiger partial charge in [-0.3, -0.25) is 9.52 Å². The molecule has 0 saturated carbocycles. The molecule has 0 radical (unpaired) electrons. The number of carbonyl (C=O) groups is 1. The number of morpholine rings is 1. The number of amides is 1. The van der Waals surface area contributed by atoms with Crippen LogP contribution in [-0.4, -0.2) is 59.1 Å². The highest BCUT2D eigenvalue weighted by Crippen LogP contribution is 2.23. The van der Waals surface area contributed by atoms with Crippen molar-refractivity contribution >= 4 is 48.7 Å². The molecule has 2 heterocycles. The van der Waals surface area contributed by atoms with Crippen molar-refractivity contribution in [1.29, 1.82) is 0 Å². The lowest BCUT2D eigenvalue weighted by atomic mass is 10.1. The van der Waals surface area contributed by atoms with E-state index in [9.17, 15) is 21.6 Å². The number of anilines is 1. The van der Waals surface area contributed by atoms with Gasteiger partial charge < -0.3 is 4.74 Å². The van der Waals surface area contributed by atoms with Gasteiger partial charge in [-0.25, -0.2) is 22.3 Å². The van der Waals surface area contributed by atoms with E-state index in [0.29, 0.717) is 24.5 Å². The molecule has 1 aliphatic heterocycles. The zero-order chi connectivity index (χ0) is 25.8. The Bertz CT molecular complexity index is 1480. The average molecular weight is 549 g/mol. The first-order chi connectivity index (χ1) is 17.2. The van der Waals surface area contributed by atoms with Gasteiger partial charge in [0.15, 0.2) is 0 Å². The normalized spacial score (nSPS) is 15.4. The molecule has 1 aliphatic rings. The van der Waals surface area contributed by atoms with Gasteiger partial charge in [-0.05, 0) is 48.2 Å². The molecular weight excluding hydrogens is 524 g/mol. The van der Waals surface area contributed by atoms with Crippen molar-refractivity contribution in [3.8, 4) is 0 Å². The quantitative estimate of drug-likeness (QED) is 0.328. The first-order valence-electron chi connectivity index (χ1n) is 10.9. The predicted molar refractivity (Wildman–Crippen MR) is 137 cm³/mol. The van der Waals surface area contributed by atoms with Crippen molar-refractivity contribution in [3.05, 3.63) is 77.2 Å². The van der Waals surface area contributed by atoms with E-state index in [0.717, 1.165) is 11.3 Å². The van der Waals surface area contributed by atoms with Crippen LogP contribution in [0.25, 0.3) is 0 Å². The molecule has 1 amide bonds. The van der Waals surface area contributed by atoms with Crippen molar-refractivity contribution in [2.24, 2.45) is 5.10 Å². The van der Waals surface area contributed by atoms with E-state index in [-0.39, 0.29) is 33.4 Å². The van der Waals surface area contributed by atoms with Crippen molar-refractivity contribution < 1.29 is 26.4 Å². The molecule has 10 nitrogen and oxygen atoms in total. The number of carbonyl (C=O) groups excluding carboxylic acids is 1. The summed E-state index contributed by atoms with van der Waals surface area (Å²) in [5.41, 5.74) is 3.49. The van der Waals surface area contributed by atoms with Crippen LogP contribution in [0.1, 0.15) is 22.8 Å². The number of sulfonamides is 2. The molecule has 2 N–H and O–H groups in total. The number of hydrogen-bond donors (Lipinski definition) is 2. The summed E-state index contributed by atoms with van der Waals surface area (Å²) in [6.07, 6.45) is 0. The predicted octanol–water partition coefficient (Wildman–Crippen LogP) is 2.72. The molecule has 0 aliphatic carbocycles. The van der Waals surface area contributed by atoms with Gasteiger partial charge in [0.05, 0.1) is 35.1 Å². The van der Waals surface area contributed by atoms with Gasteiger partial charge in [0.2, 0.25) is 10.0 Å². The van der Waals surface area contributed by atoms with Crippen LogP contribution in [0, 0.1) is 0 Å². The number of ether oxygens (including phenoxy) is 1. The molecule has 36 heavy (non-hydrogen) atoms. The molecular formula is C23H24N4O6S3. The second kappa shape index (κ2) is 10.9. The van der Waals surface area contributed by atoms with E-state index in [4.69, 9.17) is 4.74 Å². The third-order valence-corrected chi connectivity index (χ3v) is 10.0. The van der Waals surface area contributed by atoms with E-state index in [1.807, 2.05) is 0 Å². The highest BCUT2D eigenvalue weighted by Gasteiger charge is 2.26. The SMILES string of the molecule is CC(=NNC(=O)c1ccccc1NS(=O)(=O)c1cccs1)c1cccc(S(=O)(=O)N2CCOCC2)c1. The standard InChI is InChI=1S/C23H24N4O6S3/c1-17(18-6-4-7-19(16-18)36(31,32)27-11-13-33-14-12-27)24-25-23(28)20-8-2-3-9-21(20)26-35(29,30)22-10-5-15-34-22/h2-10,15-16,26H,11-14H2,1H3,(H,25,28). The monoisotopic (exact) mass is 548 g/mol. The Labute approximate surface area is 213 Å². The molecule has 3 aromatic rings. The maximum Gasteiger partial charge on any atom is 0.273 e. The maximum atomic E-state index is 13.0. The second-order valence-electron chi connectivity index (χ2n) is 7.77. The fourth-order valence-corrected chi connectivity index (χ4v) is 6.99. The van der Waals surface area contributed by atoms with Crippen molar-refractivity contribution in [3.63, 3.8) is 0 Å². The highest BCUT2D eigenvalue weighted by molar-refractivity contribution is 7.94. The topological polar surface area (TPSA) is 134 Å². The van der Waals surface area contributed by atoms with Gasteiger partial charge in [-0.1, -0.05) is 30.3 Å². The summed E-state index contributed by atoms with van der Waals surface area (Å²) >= 11 is 1.06. The Kier molecular flexibility index (Phi) is 7.85. The van der Waals surface area contributed by atoms with Crippen LogP contribution in [0.3, 0.4) is 0 Å². The molecule has 1 fully saturated rings. The average Bonchev–Trinajstić information content (AvgIpc) is 3.44. The molecule has 13 heteroatoms. The Morgan fingerprint density at radius 1 is 1.00 bits per heavy atom. The van der Waals surface area contributed by atoms with Crippen LogP contribution in [0.2, 0.25) is 0 Å². The molecule has 1 saturated heterocycles. The highest BCUT2D eigenvalue weighted by atomic mass is 32.2. The van der Waals surface area contributed by atoms with Gasteiger partial charge in [-0.15, -0.1) is 11.3 Å².